The van der Waals surface area contributed by atoms with Crippen LogP contribution in [-0.2, 0) is 22.5 Å². The number of fused-ring (bicyclic) bond motifs is 1. The summed E-state index contributed by atoms with van der Waals surface area (Å²) in [6, 6.07) is 9.31. The monoisotopic (exact) mass is 528 g/mol. The number of aromatic nitrogens is 1. The molecular weight excluding hydrogens is 502 g/mol. The molecule has 10 heteroatoms. The number of hydrogen-bond donors (Lipinski definition) is 1. The molecule has 0 saturated heterocycles. The molecule has 4 rings (SSSR count). The molecule has 188 valence electrons. The summed E-state index contributed by atoms with van der Waals surface area (Å²) >= 11 is 6.33. The number of sulfonamides is 1. The Bertz CT molecular complexity index is 1510. The van der Waals surface area contributed by atoms with Crippen LogP contribution in [0.1, 0.15) is 52.6 Å². The predicted octanol–water partition coefficient (Wildman–Crippen LogP) is 4.38. The van der Waals surface area contributed by atoms with E-state index in [2.05, 4.69) is 4.72 Å². The van der Waals surface area contributed by atoms with Crippen molar-refractivity contribution in [1.82, 2.24) is 0 Å². The molecule has 0 saturated carbocycles. The number of nitrogens with zero attached hydrogens (tertiary/aromatic N) is 2. The molecule has 2 amide bonds. The number of benzene rings is 2. The van der Waals surface area contributed by atoms with E-state index in [0.29, 0.717) is 17.0 Å². The lowest BCUT2D eigenvalue weighted by atomic mass is 9.87. The van der Waals surface area contributed by atoms with Gasteiger partial charge in [0.05, 0.1) is 33.8 Å². The Morgan fingerprint density at radius 1 is 0.972 bits per heavy atom. The Balaban J connectivity index is 1.77. The van der Waals surface area contributed by atoms with Crippen LogP contribution in [0, 0.1) is 6.92 Å². The molecule has 1 aliphatic rings. The number of ether oxygens (including phenoxy) is 1. The van der Waals surface area contributed by atoms with Crippen LogP contribution in [0.4, 0.5) is 11.4 Å². The minimum Gasteiger partial charge on any atom is -0.491 e. The van der Waals surface area contributed by atoms with E-state index in [1.807, 2.05) is 20.8 Å². The zero-order valence-electron chi connectivity index (χ0n) is 20.8. The molecule has 0 aliphatic carbocycles. The van der Waals surface area contributed by atoms with E-state index >= 15 is 0 Å². The van der Waals surface area contributed by atoms with E-state index in [9.17, 15) is 18.0 Å². The first-order valence-corrected chi connectivity index (χ1v) is 13.0. The van der Waals surface area contributed by atoms with Gasteiger partial charge in [-0.15, -0.1) is 0 Å². The third-order valence-electron chi connectivity index (χ3n) is 6.12. The number of imide groups is 1. The van der Waals surface area contributed by atoms with E-state index < -0.39 is 21.8 Å². The van der Waals surface area contributed by atoms with Crippen LogP contribution in [0.3, 0.4) is 0 Å². The molecule has 1 N–H and O–H groups in total. The minimum absolute atomic E-state index is 0.0277. The normalized spacial score (nSPS) is 13.7. The minimum atomic E-state index is -4.06. The maximum Gasteiger partial charge on any atom is 0.268 e. The average molecular weight is 529 g/mol. The lowest BCUT2D eigenvalue weighted by molar-refractivity contribution is -0.671. The first-order chi connectivity index (χ1) is 16.8. The van der Waals surface area contributed by atoms with Gasteiger partial charge in [0.2, 0.25) is 6.20 Å². The standard InChI is InChI=1S/C26H26ClN3O5S/c1-15-20(13-29(5)14-21(15)35-6)30-24(31)22-18(27)11-12-19(23(22)25(30)32)28-36(33,34)17-9-7-16(8-10-17)26(2,3)4/h7-14H,1-6H3/p+1. The van der Waals surface area contributed by atoms with Crippen molar-refractivity contribution in [3.63, 3.8) is 0 Å². The molecule has 0 atom stereocenters. The van der Waals surface area contributed by atoms with E-state index in [0.717, 1.165) is 10.5 Å². The molecular formula is C26H27ClN3O5S+. The third kappa shape index (κ3) is 4.33. The molecule has 0 bridgehead atoms. The number of carbonyl (C=O) groups is 2. The van der Waals surface area contributed by atoms with Crippen LogP contribution in [0.2, 0.25) is 5.02 Å². The molecule has 1 aromatic heterocycles. The molecule has 3 aromatic rings. The van der Waals surface area contributed by atoms with Gasteiger partial charge in [-0.2, -0.15) is 0 Å². The summed E-state index contributed by atoms with van der Waals surface area (Å²) in [5.41, 5.74) is 1.53. The zero-order chi connectivity index (χ0) is 26.6. The largest absolute Gasteiger partial charge is 0.491 e. The molecule has 2 heterocycles. The Kier molecular flexibility index (Phi) is 6.34. The van der Waals surface area contributed by atoms with Gasteiger partial charge in [0.25, 0.3) is 21.8 Å². The molecule has 0 fully saturated rings. The number of aryl methyl sites for hydroxylation is 1. The van der Waals surface area contributed by atoms with Gasteiger partial charge < -0.3 is 4.74 Å². The number of rotatable bonds is 5. The molecule has 2 aromatic carbocycles. The highest BCUT2D eigenvalue weighted by Crippen LogP contribution is 2.39. The first kappa shape index (κ1) is 25.7. The summed E-state index contributed by atoms with van der Waals surface area (Å²) in [5, 5.41) is 0.0493. The van der Waals surface area contributed by atoms with Gasteiger partial charge >= 0.3 is 0 Å². The number of halogens is 1. The second-order valence-electron chi connectivity index (χ2n) is 9.67. The van der Waals surface area contributed by atoms with Gasteiger partial charge in [-0.1, -0.05) is 44.5 Å². The van der Waals surface area contributed by atoms with Crippen molar-refractivity contribution in [2.75, 3.05) is 16.7 Å². The molecule has 0 radical (unpaired) electrons. The van der Waals surface area contributed by atoms with Gasteiger partial charge in [-0.25, -0.2) is 17.9 Å². The SMILES string of the molecule is COc1c[n+](C)cc(N2C(=O)c3c(Cl)ccc(NS(=O)(=O)c4ccc(C(C)(C)C)cc4)c3C2=O)c1C. The molecule has 0 unspecified atom stereocenters. The molecule has 0 spiro atoms. The van der Waals surface area contributed by atoms with Crippen molar-refractivity contribution in [3.8, 4) is 5.75 Å². The van der Waals surface area contributed by atoms with Gasteiger partial charge in [-0.3, -0.25) is 14.3 Å². The fourth-order valence-electron chi connectivity index (χ4n) is 4.13. The lowest BCUT2D eigenvalue weighted by Crippen LogP contribution is -2.35. The number of amides is 2. The second-order valence-corrected chi connectivity index (χ2v) is 11.8. The van der Waals surface area contributed by atoms with Gasteiger partial charge in [-0.05, 0) is 42.2 Å². The maximum atomic E-state index is 13.6. The summed E-state index contributed by atoms with van der Waals surface area (Å²) in [6.07, 6.45) is 3.34. The Morgan fingerprint density at radius 3 is 2.17 bits per heavy atom. The van der Waals surface area contributed by atoms with Crippen molar-refractivity contribution in [3.05, 3.63) is 76.1 Å². The maximum absolute atomic E-state index is 13.6. The van der Waals surface area contributed by atoms with Gasteiger partial charge in [0.1, 0.15) is 12.7 Å². The van der Waals surface area contributed by atoms with Crippen molar-refractivity contribution >= 4 is 44.8 Å². The number of carbonyl (C=O) groups excluding carboxylic acids is 2. The predicted molar refractivity (Wildman–Crippen MR) is 137 cm³/mol. The average Bonchev–Trinajstić information content (AvgIpc) is 3.07. The van der Waals surface area contributed by atoms with E-state index in [1.54, 1.807) is 43.1 Å². The number of nitrogens with one attached hydrogen (secondary N) is 1. The number of pyridine rings is 1. The van der Waals surface area contributed by atoms with Crippen molar-refractivity contribution in [2.24, 2.45) is 7.05 Å². The fourth-order valence-corrected chi connectivity index (χ4v) is 5.44. The Morgan fingerprint density at radius 2 is 1.58 bits per heavy atom. The van der Waals surface area contributed by atoms with Crippen LogP contribution in [-0.4, -0.2) is 27.3 Å². The van der Waals surface area contributed by atoms with Crippen LogP contribution in [0.5, 0.6) is 5.75 Å². The third-order valence-corrected chi connectivity index (χ3v) is 7.82. The number of hydrogen-bond acceptors (Lipinski definition) is 5. The molecule has 8 nitrogen and oxygen atoms in total. The van der Waals surface area contributed by atoms with Crippen molar-refractivity contribution in [1.29, 1.82) is 0 Å². The van der Waals surface area contributed by atoms with Gasteiger partial charge in [0.15, 0.2) is 11.9 Å². The highest BCUT2D eigenvalue weighted by atomic mass is 35.5. The number of anilines is 2. The van der Waals surface area contributed by atoms with E-state index in [1.165, 1.54) is 31.4 Å². The Hall–Kier alpha value is -3.43. The quantitative estimate of drug-likeness (QED) is 0.391. The summed E-state index contributed by atoms with van der Waals surface area (Å²) in [4.78, 5) is 28.0. The summed E-state index contributed by atoms with van der Waals surface area (Å²) in [7, 11) is -0.828. The van der Waals surface area contributed by atoms with Crippen molar-refractivity contribution in [2.45, 2.75) is 38.0 Å². The van der Waals surface area contributed by atoms with Crippen LogP contribution in [0.25, 0.3) is 0 Å². The Labute approximate surface area is 215 Å². The highest BCUT2D eigenvalue weighted by Gasteiger charge is 2.43. The summed E-state index contributed by atoms with van der Waals surface area (Å²) in [5.74, 6) is -0.848. The summed E-state index contributed by atoms with van der Waals surface area (Å²) < 4.78 is 35.9. The van der Waals surface area contributed by atoms with Gasteiger partial charge in [0, 0.05) is 5.56 Å². The van der Waals surface area contributed by atoms with Crippen LogP contribution in [0.15, 0.2) is 53.7 Å². The first-order valence-electron chi connectivity index (χ1n) is 11.1. The second kappa shape index (κ2) is 8.90. The molecule has 1 aliphatic heterocycles. The zero-order valence-corrected chi connectivity index (χ0v) is 22.4. The smallest absolute Gasteiger partial charge is 0.268 e. The number of methoxy groups -OCH3 is 1. The van der Waals surface area contributed by atoms with E-state index in [-0.39, 0.29) is 32.1 Å². The summed E-state index contributed by atoms with van der Waals surface area (Å²) in [6.45, 7) is 7.82. The highest BCUT2D eigenvalue weighted by molar-refractivity contribution is 7.92. The van der Waals surface area contributed by atoms with Crippen LogP contribution >= 0.6 is 11.6 Å². The van der Waals surface area contributed by atoms with Crippen molar-refractivity contribution < 1.29 is 27.3 Å². The molecule has 36 heavy (non-hydrogen) atoms. The topological polar surface area (TPSA) is 96.7 Å². The van der Waals surface area contributed by atoms with E-state index in [4.69, 9.17) is 16.3 Å². The lowest BCUT2D eigenvalue weighted by Gasteiger charge is -2.19. The fraction of sp³-hybridized carbons (Fsp3) is 0.269. The van der Waals surface area contributed by atoms with Crippen LogP contribution < -0.4 is 18.9 Å².